The molecule has 0 aromatic heterocycles. The average Bonchev–Trinajstić information content (AvgIpc) is 2.29. The molecular weight excluding hydrogens is 218 g/mol. The second-order valence-corrected chi connectivity index (χ2v) is 3.76. The van der Waals surface area contributed by atoms with Gasteiger partial charge in [-0.2, -0.15) is 0 Å². The van der Waals surface area contributed by atoms with E-state index < -0.39 is 12.1 Å². The van der Waals surface area contributed by atoms with E-state index in [1.54, 1.807) is 19.1 Å². The van der Waals surface area contributed by atoms with E-state index in [0.717, 1.165) is 5.56 Å². The average molecular weight is 235 g/mol. The van der Waals surface area contributed by atoms with Crippen LogP contribution in [0.5, 0.6) is 0 Å². The maximum Gasteiger partial charge on any atom is 0.339 e. The lowest BCUT2D eigenvalue weighted by Crippen LogP contribution is -2.35. The van der Waals surface area contributed by atoms with Crippen LogP contribution in [-0.2, 0) is 9.53 Å². The van der Waals surface area contributed by atoms with Crippen LogP contribution in [0.3, 0.4) is 0 Å². The summed E-state index contributed by atoms with van der Waals surface area (Å²) in [6.07, 6.45) is -0.776. The minimum atomic E-state index is -0.776. The number of ether oxygens (including phenoxy) is 1. The quantitative estimate of drug-likeness (QED) is 0.808. The summed E-state index contributed by atoms with van der Waals surface area (Å²) < 4.78 is 5.08. The molecule has 1 aromatic carbocycles. The van der Waals surface area contributed by atoms with Gasteiger partial charge in [0.1, 0.15) is 0 Å². The van der Waals surface area contributed by atoms with E-state index in [4.69, 9.17) is 4.74 Å². The summed E-state index contributed by atoms with van der Waals surface area (Å²) in [6.45, 7) is 5.72. The maximum atomic E-state index is 11.8. The third-order valence-electron chi connectivity index (χ3n) is 2.37. The number of likely N-dealkylation sites (N-methyl/N-ethyl adjacent to an activating group) is 1. The molecule has 92 valence electrons. The molecular formula is C13H17NO3. The molecule has 0 aliphatic carbocycles. The molecule has 1 amide bonds. The van der Waals surface area contributed by atoms with Gasteiger partial charge in [-0.05, 0) is 32.4 Å². The van der Waals surface area contributed by atoms with Crippen LogP contribution in [-0.4, -0.2) is 24.5 Å². The number of carbonyl (C=O) groups is 2. The normalized spacial score (nSPS) is 11.7. The Bertz CT molecular complexity index is 415. The Balaban J connectivity index is 2.67. The molecule has 0 saturated carbocycles. The van der Waals surface area contributed by atoms with Crippen LogP contribution in [0.1, 0.15) is 29.8 Å². The summed E-state index contributed by atoms with van der Waals surface area (Å²) in [5.74, 6) is -0.753. The highest BCUT2D eigenvalue weighted by molar-refractivity contribution is 5.93. The molecule has 1 aromatic rings. The summed E-state index contributed by atoms with van der Waals surface area (Å²) in [5.41, 5.74) is 1.32. The number of esters is 1. The second-order valence-electron chi connectivity index (χ2n) is 3.76. The first-order valence-corrected chi connectivity index (χ1v) is 5.60. The van der Waals surface area contributed by atoms with Crippen LogP contribution >= 0.6 is 0 Å². The van der Waals surface area contributed by atoms with Crippen LogP contribution < -0.4 is 5.32 Å². The molecule has 0 heterocycles. The number of hydrogen-bond acceptors (Lipinski definition) is 3. The van der Waals surface area contributed by atoms with Crippen molar-refractivity contribution in [3.8, 4) is 0 Å². The second kappa shape index (κ2) is 6.03. The molecule has 17 heavy (non-hydrogen) atoms. The third-order valence-corrected chi connectivity index (χ3v) is 2.37. The van der Waals surface area contributed by atoms with E-state index in [0.29, 0.717) is 12.1 Å². The van der Waals surface area contributed by atoms with Gasteiger partial charge in [-0.3, -0.25) is 4.79 Å². The molecule has 0 bridgehead atoms. The smallest absolute Gasteiger partial charge is 0.339 e. The van der Waals surface area contributed by atoms with Gasteiger partial charge in [0, 0.05) is 6.54 Å². The number of hydrogen-bond donors (Lipinski definition) is 1. The van der Waals surface area contributed by atoms with Crippen molar-refractivity contribution in [3.05, 3.63) is 35.4 Å². The van der Waals surface area contributed by atoms with E-state index in [1.165, 1.54) is 0 Å². The zero-order valence-corrected chi connectivity index (χ0v) is 10.3. The first-order valence-electron chi connectivity index (χ1n) is 5.60. The molecule has 1 atom stereocenters. The zero-order valence-electron chi connectivity index (χ0n) is 10.3. The lowest BCUT2D eigenvalue weighted by Gasteiger charge is -2.13. The van der Waals surface area contributed by atoms with Crippen LogP contribution in [0, 0.1) is 6.92 Å². The van der Waals surface area contributed by atoms with E-state index in [2.05, 4.69) is 5.32 Å². The largest absolute Gasteiger partial charge is 0.449 e. The topological polar surface area (TPSA) is 55.4 Å². The predicted molar refractivity (Wildman–Crippen MR) is 64.7 cm³/mol. The first-order chi connectivity index (χ1) is 8.06. The van der Waals surface area contributed by atoms with Crippen molar-refractivity contribution in [2.75, 3.05) is 6.54 Å². The van der Waals surface area contributed by atoms with Gasteiger partial charge in [-0.15, -0.1) is 0 Å². The molecule has 0 aliphatic heterocycles. The fraction of sp³-hybridized carbons (Fsp3) is 0.385. The first kappa shape index (κ1) is 13.2. The van der Waals surface area contributed by atoms with Crippen LogP contribution in [0.25, 0.3) is 0 Å². The number of benzene rings is 1. The molecule has 0 saturated heterocycles. The Morgan fingerprint density at radius 1 is 1.35 bits per heavy atom. The molecule has 0 aliphatic rings. The maximum absolute atomic E-state index is 11.8. The van der Waals surface area contributed by atoms with Crippen molar-refractivity contribution in [1.29, 1.82) is 0 Å². The summed E-state index contributed by atoms with van der Waals surface area (Å²) in [5, 5.41) is 2.60. The van der Waals surface area contributed by atoms with Crippen molar-refractivity contribution in [2.24, 2.45) is 0 Å². The molecule has 1 rings (SSSR count). The highest BCUT2D eigenvalue weighted by Crippen LogP contribution is 2.09. The Morgan fingerprint density at radius 3 is 2.59 bits per heavy atom. The fourth-order valence-electron chi connectivity index (χ4n) is 1.40. The Morgan fingerprint density at radius 2 is 2.00 bits per heavy atom. The van der Waals surface area contributed by atoms with Crippen LogP contribution in [0.15, 0.2) is 24.3 Å². The monoisotopic (exact) mass is 235 g/mol. The van der Waals surface area contributed by atoms with Gasteiger partial charge in [-0.25, -0.2) is 4.79 Å². The van der Waals surface area contributed by atoms with Gasteiger partial charge >= 0.3 is 5.97 Å². The Hall–Kier alpha value is -1.84. The van der Waals surface area contributed by atoms with Crippen LogP contribution in [0.2, 0.25) is 0 Å². The lowest BCUT2D eigenvalue weighted by molar-refractivity contribution is -0.128. The summed E-state index contributed by atoms with van der Waals surface area (Å²) in [7, 11) is 0. The Kier molecular flexibility index (Phi) is 4.69. The number of amides is 1. The van der Waals surface area contributed by atoms with Gasteiger partial charge in [0.2, 0.25) is 0 Å². The van der Waals surface area contributed by atoms with Gasteiger partial charge in [0.25, 0.3) is 5.91 Å². The molecule has 4 heteroatoms. The van der Waals surface area contributed by atoms with Gasteiger partial charge in [0.05, 0.1) is 5.56 Å². The standard InChI is InChI=1S/C13H17NO3/c1-4-14-12(15)10(3)17-13(16)11-8-6-5-7-9(11)2/h5-8,10H,4H2,1-3H3,(H,14,15)/t10-/m0/s1. The molecule has 0 unspecified atom stereocenters. The molecule has 0 fully saturated rings. The molecule has 1 N–H and O–H groups in total. The third kappa shape index (κ3) is 3.59. The molecule has 0 radical (unpaired) electrons. The number of aryl methyl sites for hydroxylation is 1. The number of carbonyl (C=O) groups excluding carboxylic acids is 2. The van der Waals surface area contributed by atoms with E-state index in [9.17, 15) is 9.59 Å². The minimum absolute atomic E-state index is 0.283. The SMILES string of the molecule is CCNC(=O)[C@H](C)OC(=O)c1ccccc1C. The highest BCUT2D eigenvalue weighted by Gasteiger charge is 2.18. The molecule has 4 nitrogen and oxygen atoms in total. The van der Waals surface area contributed by atoms with Gasteiger partial charge in [-0.1, -0.05) is 18.2 Å². The number of nitrogens with one attached hydrogen (secondary N) is 1. The summed E-state index contributed by atoms with van der Waals surface area (Å²) in [6, 6.07) is 7.12. The predicted octanol–water partition coefficient (Wildman–Crippen LogP) is 1.68. The van der Waals surface area contributed by atoms with Crippen molar-refractivity contribution in [3.63, 3.8) is 0 Å². The van der Waals surface area contributed by atoms with E-state index in [1.807, 2.05) is 26.0 Å². The van der Waals surface area contributed by atoms with Crippen LogP contribution in [0.4, 0.5) is 0 Å². The van der Waals surface area contributed by atoms with E-state index in [-0.39, 0.29) is 5.91 Å². The Labute approximate surface area is 101 Å². The zero-order chi connectivity index (χ0) is 12.8. The van der Waals surface area contributed by atoms with Crippen molar-refractivity contribution in [2.45, 2.75) is 26.9 Å². The van der Waals surface area contributed by atoms with Gasteiger partial charge < -0.3 is 10.1 Å². The highest BCUT2D eigenvalue weighted by atomic mass is 16.5. The van der Waals surface area contributed by atoms with E-state index >= 15 is 0 Å². The fourth-order valence-corrected chi connectivity index (χ4v) is 1.40. The molecule has 0 spiro atoms. The van der Waals surface area contributed by atoms with Crippen molar-refractivity contribution >= 4 is 11.9 Å². The summed E-state index contributed by atoms with van der Waals surface area (Å²) in [4.78, 5) is 23.2. The lowest BCUT2D eigenvalue weighted by atomic mass is 10.1. The van der Waals surface area contributed by atoms with Crippen molar-refractivity contribution in [1.82, 2.24) is 5.32 Å². The number of rotatable bonds is 4. The summed E-state index contributed by atoms with van der Waals surface area (Å²) >= 11 is 0. The van der Waals surface area contributed by atoms with Gasteiger partial charge in [0.15, 0.2) is 6.10 Å². The minimum Gasteiger partial charge on any atom is -0.449 e. The van der Waals surface area contributed by atoms with Crippen molar-refractivity contribution < 1.29 is 14.3 Å².